The van der Waals surface area contributed by atoms with Gasteiger partial charge < -0.3 is 5.32 Å². The quantitative estimate of drug-likeness (QED) is 0.310. The van der Waals surface area contributed by atoms with Crippen molar-refractivity contribution < 1.29 is 9.59 Å². The van der Waals surface area contributed by atoms with Crippen molar-refractivity contribution >= 4 is 35.3 Å². The first-order valence-corrected chi connectivity index (χ1v) is 11.1. The summed E-state index contributed by atoms with van der Waals surface area (Å²) in [6.45, 7) is 0.368. The maximum absolute atomic E-state index is 13.6. The summed E-state index contributed by atoms with van der Waals surface area (Å²) < 4.78 is 0. The molecule has 0 spiro atoms. The predicted molar refractivity (Wildman–Crippen MR) is 121 cm³/mol. The fourth-order valence-electron chi connectivity index (χ4n) is 3.66. The van der Waals surface area contributed by atoms with Gasteiger partial charge >= 0.3 is 6.03 Å². The van der Waals surface area contributed by atoms with Crippen molar-refractivity contribution in [1.29, 1.82) is 0 Å². The number of benzene rings is 3. The largest absolute Gasteiger partial charge is 0.325 e. The Kier molecular flexibility index (Phi) is 6.11. The van der Waals surface area contributed by atoms with Crippen LogP contribution in [0.1, 0.15) is 17.5 Å². The fourth-order valence-corrected chi connectivity index (χ4v) is 4.62. The maximum atomic E-state index is 13.6. The molecule has 4 rings (SSSR count). The number of hydrogen-bond acceptors (Lipinski definition) is 3. The molecule has 0 radical (unpaired) electrons. The van der Waals surface area contributed by atoms with Crippen LogP contribution in [0.15, 0.2) is 89.8 Å². The number of carbonyl (C=O) groups is 2. The summed E-state index contributed by atoms with van der Waals surface area (Å²) in [6, 6.07) is 26.1. The molecule has 4 nitrogen and oxygen atoms in total. The van der Waals surface area contributed by atoms with E-state index in [1.54, 1.807) is 11.8 Å². The summed E-state index contributed by atoms with van der Waals surface area (Å²) in [5.41, 5.74) is 0.323. The molecule has 0 atom stereocenters. The van der Waals surface area contributed by atoms with Crippen LogP contribution < -0.4 is 5.32 Å². The van der Waals surface area contributed by atoms with E-state index in [4.69, 9.17) is 11.6 Å². The van der Waals surface area contributed by atoms with E-state index in [1.807, 2.05) is 84.9 Å². The van der Waals surface area contributed by atoms with E-state index in [0.717, 1.165) is 21.8 Å². The molecule has 1 aliphatic rings. The number of nitrogens with one attached hydrogen (secondary N) is 1. The van der Waals surface area contributed by atoms with Gasteiger partial charge in [-0.2, -0.15) is 0 Å². The number of urea groups is 1. The number of carbonyl (C=O) groups excluding carboxylic acids is 2. The number of thioether (sulfide) groups is 1. The molecule has 0 unspecified atom stereocenters. The van der Waals surface area contributed by atoms with Gasteiger partial charge in [0.2, 0.25) is 0 Å². The third kappa shape index (κ3) is 3.95. The minimum Gasteiger partial charge on any atom is -0.315 e. The lowest BCUT2D eigenvalue weighted by atomic mass is 9.82. The number of amides is 3. The molecule has 0 bridgehead atoms. The molecule has 6 heteroatoms. The zero-order valence-corrected chi connectivity index (χ0v) is 17.8. The Labute approximate surface area is 185 Å². The van der Waals surface area contributed by atoms with Gasteiger partial charge in [0.05, 0.1) is 0 Å². The van der Waals surface area contributed by atoms with Gasteiger partial charge in [-0.15, -0.1) is 11.8 Å². The minimum absolute atomic E-state index is 0.235. The number of imide groups is 1. The van der Waals surface area contributed by atoms with Gasteiger partial charge in [-0.1, -0.05) is 72.3 Å². The zero-order chi connectivity index (χ0) is 21.0. The normalized spacial score (nSPS) is 15.3. The standard InChI is InChI=1S/C24H21ClN2O2S/c25-20-12-14-21(15-13-20)30-17-7-16-27-22(28)24(26-23(27)29,18-8-3-1-4-9-18)19-10-5-2-6-11-19/h1-6,8-15H,7,16-17H2,(H,26,29). The second kappa shape index (κ2) is 8.94. The molecule has 3 aromatic rings. The van der Waals surface area contributed by atoms with Crippen LogP contribution in [0.25, 0.3) is 0 Å². The van der Waals surface area contributed by atoms with Crippen molar-refractivity contribution in [2.45, 2.75) is 16.9 Å². The van der Waals surface area contributed by atoms with Gasteiger partial charge in [0.1, 0.15) is 0 Å². The lowest BCUT2D eigenvalue weighted by Gasteiger charge is -2.28. The summed E-state index contributed by atoms with van der Waals surface area (Å²) in [6.07, 6.45) is 0.701. The van der Waals surface area contributed by atoms with Crippen LogP contribution in [0.4, 0.5) is 4.79 Å². The minimum atomic E-state index is -1.19. The highest BCUT2D eigenvalue weighted by atomic mass is 35.5. The second-order valence-corrected chi connectivity index (χ2v) is 8.63. The molecule has 0 aliphatic carbocycles. The van der Waals surface area contributed by atoms with Crippen LogP contribution in [0, 0.1) is 0 Å². The molecule has 1 heterocycles. The van der Waals surface area contributed by atoms with E-state index in [2.05, 4.69) is 5.32 Å². The fraction of sp³-hybridized carbons (Fsp3) is 0.167. The average molecular weight is 437 g/mol. The van der Waals surface area contributed by atoms with E-state index in [-0.39, 0.29) is 11.9 Å². The highest BCUT2D eigenvalue weighted by molar-refractivity contribution is 7.99. The van der Waals surface area contributed by atoms with E-state index in [9.17, 15) is 9.59 Å². The van der Waals surface area contributed by atoms with Crippen LogP contribution in [0.3, 0.4) is 0 Å². The molecular weight excluding hydrogens is 416 g/mol. The van der Waals surface area contributed by atoms with Gasteiger partial charge in [0.25, 0.3) is 5.91 Å². The molecule has 3 aromatic carbocycles. The van der Waals surface area contributed by atoms with E-state index >= 15 is 0 Å². The van der Waals surface area contributed by atoms with Crippen molar-refractivity contribution in [2.24, 2.45) is 0 Å². The van der Waals surface area contributed by atoms with Gasteiger partial charge in [-0.25, -0.2) is 4.79 Å². The lowest BCUT2D eigenvalue weighted by Crippen LogP contribution is -2.45. The van der Waals surface area contributed by atoms with Crippen molar-refractivity contribution in [1.82, 2.24) is 10.2 Å². The Morgan fingerprint density at radius 2 is 1.40 bits per heavy atom. The lowest BCUT2D eigenvalue weighted by molar-refractivity contribution is -0.130. The van der Waals surface area contributed by atoms with Crippen LogP contribution in [-0.2, 0) is 10.3 Å². The number of nitrogens with zero attached hydrogens (tertiary/aromatic N) is 1. The van der Waals surface area contributed by atoms with Gasteiger partial charge in [0, 0.05) is 16.5 Å². The predicted octanol–water partition coefficient (Wildman–Crippen LogP) is 5.32. The Hall–Kier alpha value is -2.76. The number of rotatable bonds is 7. The summed E-state index contributed by atoms with van der Waals surface area (Å²) in [5.74, 6) is 0.559. The molecule has 3 amide bonds. The molecule has 1 fully saturated rings. The average Bonchev–Trinajstić information content (AvgIpc) is 3.04. The van der Waals surface area contributed by atoms with Gasteiger partial charge in [0.15, 0.2) is 5.54 Å². The first-order chi connectivity index (χ1) is 14.6. The van der Waals surface area contributed by atoms with Crippen molar-refractivity contribution in [3.63, 3.8) is 0 Å². The molecule has 30 heavy (non-hydrogen) atoms. The Morgan fingerprint density at radius 3 is 1.97 bits per heavy atom. The smallest absolute Gasteiger partial charge is 0.315 e. The van der Waals surface area contributed by atoms with E-state index < -0.39 is 5.54 Å². The number of hydrogen-bond donors (Lipinski definition) is 1. The highest BCUT2D eigenvalue weighted by Gasteiger charge is 2.53. The van der Waals surface area contributed by atoms with Crippen LogP contribution in [-0.4, -0.2) is 29.1 Å². The molecule has 152 valence electrons. The van der Waals surface area contributed by atoms with E-state index in [0.29, 0.717) is 18.0 Å². The summed E-state index contributed by atoms with van der Waals surface area (Å²) >= 11 is 7.60. The second-order valence-electron chi connectivity index (χ2n) is 7.02. The van der Waals surface area contributed by atoms with Gasteiger partial charge in [-0.3, -0.25) is 9.69 Å². The highest BCUT2D eigenvalue weighted by Crippen LogP contribution is 2.36. The Morgan fingerprint density at radius 1 is 0.833 bits per heavy atom. The molecule has 1 saturated heterocycles. The summed E-state index contributed by atoms with van der Waals surface area (Å²) in [4.78, 5) is 28.8. The number of halogens is 1. The molecule has 1 aliphatic heterocycles. The molecular formula is C24H21ClN2O2S. The third-order valence-corrected chi connectivity index (χ3v) is 6.48. The molecule has 0 saturated carbocycles. The van der Waals surface area contributed by atoms with Crippen LogP contribution in [0.5, 0.6) is 0 Å². The SMILES string of the molecule is O=C1NC(c2ccccc2)(c2ccccc2)C(=O)N1CCCSc1ccc(Cl)cc1. The molecule has 0 aromatic heterocycles. The van der Waals surface area contributed by atoms with Crippen molar-refractivity contribution in [2.75, 3.05) is 12.3 Å². The van der Waals surface area contributed by atoms with Crippen molar-refractivity contribution in [3.05, 3.63) is 101 Å². The molecule has 1 N–H and O–H groups in total. The summed E-state index contributed by atoms with van der Waals surface area (Å²) in [5, 5.41) is 3.69. The first-order valence-electron chi connectivity index (χ1n) is 9.75. The van der Waals surface area contributed by atoms with E-state index in [1.165, 1.54) is 4.90 Å². The summed E-state index contributed by atoms with van der Waals surface area (Å²) in [7, 11) is 0. The zero-order valence-electron chi connectivity index (χ0n) is 16.3. The van der Waals surface area contributed by atoms with Crippen LogP contribution in [0.2, 0.25) is 5.02 Å². The topological polar surface area (TPSA) is 49.4 Å². The Balaban J connectivity index is 1.51. The maximum Gasteiger partial charge on any atom is 0.325 e. The first kappa shape index (κ1) is 20.5. The monoisotopic (exact) mass is 436 g/mol. The van der Waals surface area contributed by atoms with Gasteiger partial charge in [-0.05, 0) is 47.6 Å². The van der Waals surface area contributed by atoms with Crippen LogP contribution >= 0.6 is 23.4 Å². The van der Waals surface area contributed by atoms with Crippen molar-refractivity contribution in [3.8, 4) is 0 Å². The Bertz CT molecular complexity index is 987. The third-order valence-electron chi connectivity index (χ3n) is 5.13.